The molecule has 0 fully saturated rings. The Balaban J connectivity index is 1.76. The first kappa shape index (κ1) is 11.2. The number of benzene rings is 2. The molecule has 0 aliphatic heterocycles. The van der Waals surface area contributed by atoms with E-state index in [1.54, 1.807) is 11.3 Å². The molecule has 0 bridgehead atoms. The van der Waals surface area contributed by atoms with Crippen molar-refractivity contribution in [3.05, 3.63) is 59.1 Å². The molecule has 0 radical (unpaired) electrons. The van der Waals surface area contributed by atoms with E-state index in [0.717, 1.165) is 24.0 Å². The van der Waals surface area contributed by atoms with Gasteiger partial charge >= 0.3 is 0 Å². The van der Waals surface area contributed by atoms with Crippen LogP contribution < -0.4 is 5.73 Å². The summed E-state index contributed by atoms with van der Waals surface area (Å²) in [4.78, 5) is 4.64. The van der Waals surface area contributed by atoms with Gasteiger partial charge in [0.05, 0.1) is 15.2 Å². The maximum Gasteiger partial charge on any atom is 0.0941 e. The number of aromatic nitrogens is 1. The van der Waals surface area contributed by atoms with Crippen LogP contribution in [0.3, 0.4) is 0 Å². The first-order valence-corrected chi connectivity index (χ1v) is 6.82. The number of nitrogens with zero attached hydrogens (tertiary/aromatic N) is 1. The molecular weight excluding hydrogens is 240 g/mol. The number of anilines is 1. The highest BCUT2D eigenvalue weighted by molar-refractivity contribution is 7.18. The number of aryl methyl sites for hydroxylation is 2. The van der Waals surface area contributed by atoms with E-state index in [9.17, 15) is 0 Å². The van der Waals surface area contributed by atoms with Crippen LogP contribution in [0.25, 0.3) is 10.2 Å². The molecule has 90 valence electrons. The van der Waals surface area contributed by atoms with Crippen LogP contribution in [0.5, 0.6) is 0 Å². The van der Waals surface area contributed by atoms with Gasteiger partial charge in [0.25, 0.3) is 0 Å². The number of nitrogens with two attached hydrogens (primary N) is 1. The van der Waals surface area contributed by atoms with E-state index in [1.165, 1.54) is 15.3 Å². The lowest BCUT2D eigenvalue weighted by atomic mass is 10.1. The van der Waals surface area contributed by atoms with Crippen molar-refractivity contribution in [1.82, 2.24) is 4.98 Å². The SMILES string of the molecule is Nc1cccc(CCc2nc3ccccc3s2)c1. The lowest BCUT2D eigenvalue weighted by Gasteiger charge is -2.00. The van der Waals surface area contributed by atoms with E-state index in [0.29, 0.717) is 0 Å². The van der Waals surface area contributed by atoms with Crippen LogP contribution in [0, 0.1) is 0 Å². The van der Waals surface area contributed by atoms with Gasteiger partial charge in [0.1, 0.15) is 0 Å². The Morgan fingerprint density at radius 3 is 2.72 bits per heavy atom. The minimum atomic E-state index is 0.830. The third-order valence-electron chi connectivity index (χ3n) is 2.92. The number of nitrogen functional groups attached to an aromatic ring is 1. The van der Waals surface area contributed by atoms with Crippen LogP contribution in [0.4, 0.5) is 5.69 Å². The highest BCUT2D eigenvalue weighted by Gasteiger charge is 2.03. The Bertz CT molecular complexity index is 640. The predicted octanol–water partition coefficient (Wildman–Crippen LogP) is 3.66. The zero-order valence-corrected chi connectivity index (χ0v) is 10.8. The van der Waals surface area contributed by atoms with Gasteiger partial charge < -0.3 is 5.73 Å². The summed E-state index contributed by atoms with van der Waals surface area (Å²) >= 11 is 1.78. The van der Waals surface area contributed by atoms with Crippen LogP contribution >= 0.6 is 11.3 Å². The molecule has 0 spiro atoms. The van der Waals surface area contributed by atoms with E-state index >= 15 is 0 Å². The summed E-state index contributed by atoms with van der Waals surface area (Å²) in [5.74, 6) is 0. The van der Waals surface area contributed by atoms with Crippen molar-refractivity contribution in [2.75, 3.05) is 5.73 Å². The molecule has 1 aromatic heterocycles. The van der Waals surface area contributed by atoms with Gasteiger partial charge in [0.2, 0.25) is 0 Å². The third kappa shape index (κ3) is 2.36. The maximum atomic E-state index is 5.78. The Hall–Kier alpha value is -1.87. The van der Waals surface area contributed by atoms with Crippen LogP contribution in [0.1, 0.15) is 10.6 Å². The van der Waals surface area contributed by atoms with Crippen molar-refractivity contribution in [3.8, 4) is 0 Å². The minimum absolute atomic E-state index is 0.830. The van der Waals surface area contributed by atoms with Crippen molar-refractivity contribution < 1.29 is 0 Å². The van der Waals surface area contributed by atoms with Crippen molar-refractivity contribution >= 4 is 27.2 Å². The summed E-state index contributed by atoms with van der Waals surface area (Å²) in [6.07, 6.45) is 1.97. The molecule has 0 saturated heterocycles. The number of thiazole rings is 1. The van der Waals surface area contributed by atoms with Crippen molar-refractivity contribution in [1.29, 1.82) is 0 Å². The standard InChI is InChI=1S/C15H14N2S/c16-12-5-3-4-11(10-12)8-9-15-17-13-6-1-2-7-14(13)18-15/h1-7,10H,8-9,16H2. The molecule has 0 saturated carbocycles. The molecule has 0 unspecified atom stereocenters. The Labute approximate surface area is 110 Å². The summed E-state index contributed by atoms with van der Waals surface area (Å²) in [7, 11) is 0. The zero-order valence-electron chi connectivity index (χ0n) is 9.97. The lowest BCUT2D eigenvalue weighted by Crippen LogP contribution is -1.92. The van der Waals surface area contributed by atoms with Crippen molar-refractivity contribution in [3.63, 3.8) is 0 Å². The summed E-state index contributed by atoms with van der Waals surface area (Å²) < 4.78 is 1.26. The fourth-order valence-electron chi connectivity index (χ4n) is 2.03. The number of hydrogen-bond donors (Lipinski definition) is 1. The smallest absolute Gasteiger partial charge is 0.0941 e. The average Bonchev–Trinajstić information content (AvgIpc) is 2.79. The van der Waals surface area contributed by atoms with Crippen LogP contribution in [-0.4, -0.2) is 4.98 Å². The van der Waals surface area contributed by atoms with Crippen LogP contribution in [0.2, 0.25) is 0 Å². The summed E-state index contributed by atoms with van der Waals surface area (Å²) in [6, 6.07) is 16.3. The van der Waals surface area contributed by atoms with Gasteiger partial charge in [-0.3, -0.25) is 0 Å². The normalized spacial score (nSPS) is 10.9. The molecule has 3 aromatic rings. The molecule has 3 rings (SSSR count). The molecule has 0 aliphatic carbocycles. The van der Waals surface area contributed by atoms with E-state index in [4.69, 9.17) is 5.73 Å². The van der Waals surface area contributed by atoms with E-state index in [2.05, 4.69) is 29.2 Å². The molecule has 3 heteroatoms. The molecule has 2 nitrogen and oxygen atoms in total. The van der Waals surface area contributed by atoms with Crippen molar-refractivity contribution in [2.45, 2.75) is 12.8 Å². The number of para-hydroxylation sites is 1. The van der Waals surface area contributed by atoms with Gasteiger partial charge in [0, 0.05) is 12.1 Å². The van der Waals surface area contributed by atoms with E-state index < -0.39 is 0 Å². The highest BCUT2D eigenvalue weighted by atomic mass is 32.1. The summed E-state index contributed by atoms with van der Waals surface area (Å²) in [6.45, 7) is 0. The number of fused-ring (bicyclic) bond motifs is 1. The fourth-order valence-corrected chi connectivity index (χ4v) is 2.99. The quantitative estimate of drug-likeness (QED) is 0.724. The summed E-state index contributed by atoms with van der Waals surface area (Å²) in [5, 5.41) is 1.19. The Morgan fingerprint density at radius 1 is 1.00 bits per heavy atom. The first-order chi connectivity index (χ1) is 8.81. The Kier molecular flexibility index (Phi) is 2.99. The molecule has 1 heterocycles. The van der Waals surface area contributed by atoms with Gasteiger partial charge in [-0.2, -0.15) is 0 Å². The molecule has 0 amide bonds. The average molecular weight is 254 g/mol. The van der Waals surface area contributed by atoms with E-state index in [1.807, 2.05) is 24.3 Å². The molecule has 18 heavy (non-hydrogen) atoms. The monoisotopic (exact) mass is 254 g/mol. The zero-order chi connectivity index (χ0) is 12.4. The highest BCUT2D eigenvalue weighted by Crippen LogP contribution is 2.22. The van der Waals surface area contributed by atoms with Crippen LogP contribution in [-0.2, 0) is 12.8 Å². The van der Waals surface area contributed by atoms with Gasteiger partial charge in [0.15, 0.2) is 0 Å². The second kappa shape index (κ2) is 4.78. The first-order valence-electron chi connectivity index (χ1n) is 6.00. The van der Waals surface area contributed by atoms with Crippen molar-refractivity contribution in [2.24, 2.45) is 0 Å². The Morgan fingerprint density at radius 2 is 1.89 bits per heavy atom. The predicted molar refractivity (Wildman–Crippen MR) is 77.9 cm³/mol. The summed E-state index contributed by atoms with van der Waals surface area (Å²) in [5.41, 5.74) is 8.98. The topological polar surface area (TPSA) is 38.9 Å². The van der Waals surface area contributed by atoms with Gasteiger partial charge in [-0.25, -0.2) is 4.98 Å². The minimum Gasteiger partial charge on any atom is -0.399 e. The molecule has 2 N–H and O–H groups in total. The largest absolute Gasteiger partial charge is 0.399 e. The number of hydrogen-bond acceptors (Lipinski definition) is 3. The second-order valence-corrected chi connectivity index (χ2v) is 5.44. The molecule has 0 aliphatic rings. The molecular formula is C15H14N2S. The molecule has 0 atom stereocenters. The van der Waals surface area contributed by atoms with Gasteiger partial charge in [-0.1, -0.05) is 24.3 Å². The second-order valence-electron chi connectivity index (χ2n) is 4.32. The molecule has 2 aromatic carbocycles. The fraction of sp³-hybridized carbons (Fsp3) is 0.133. The lowest BCUT2D eigenvalue weighted by molar-refractivity contribution is 0.949. The maximum absolute atomic E-state index is 5.78. The van der Waals surface area contributed by atoms with E-state index in [-0.39, 0.29) is 0 Å². The van der Waals surface area contributed by atoms with Crippen LogP contribution in [0.15, 0.2) is 48.5 Å². The van der Waals surface area contributed by atoms with Gasteiger partial charge in [-0.15, -0.1) is 11.3 Å². The third-order valence-corrected chi connectivity index (χ3v) is 4.01. The van der Waals surface area contributed by atoms with Gasteiger partial charge in [-0.05, 0) is 36.2 Å². The number of rotatable bonds is 3.